The Hall–Kier alpha value is -1.78. The molecule has 1 unspecified atom stereocenters. The lowest BCUT2D eigenvalue weighted by molar-refractivity contribution is 0.293. The van der Waals surface area contributed by atoms with Crippen LogP contribution in [0.25, 0.3) is 0 Å². The smallest absolute Gasteiger partial charge is 0.123 e. The van der Waals surface area contributed by atoms with E-state index in [1.165, 1.54) is 17.7 Å². The number of rotatable bonds is 5. The molecule has 0 radical (unpaired) electrons. The Balaban J connectivity index is 2.20. The SMILES string of the molecule is CN(Cc1ccccc1)C(C(N)=S)c1ccc(F)cc1. The average Bonchev–Trinajstić information content (AvgIpc) is 2.42. The van der Waals surface area contributed by atoms with E-state index in [0.717, 1.165) is 12.1 Å². The number of benzene rings is 2. The molecule has 0 heterocycles. The van der Waals surface area contributed by atoms with Gasteiger partial charge in [-0.05, 0) is 30.3 Å². The van der Waals surface area contributed by atoms with Crippen LogP contribution in [0.2, 0.25) is 0 Å². The highest BCUT2D eigenvalue weighted by Gasteiger charge is 2.20. The molecule has 0 spiro atoms. The monoisotopic (exact) mass is 288 g/mol. The molecule has 2 aromatic rings. The average molecular weight is 288 g/mol. The van der Waals surface area contributed by atoms with Crippen LogP contribution in [-0.4, -0.2) is 16.9 Å². The lowest BCUT2D eigenvalue weighted by Crippen LogP contribution is -2.33. The van der Waals surface area contributed by atoms with Crippen molar-refractivity contribution < 1.29 is 4.39 Å². The first-order valence-corrected chi connectivity index (χ1v) is 6.77. The first-order chi connectivity index (χ1) is 9.58. The normalized spacial score (nSPS) is 12.3. The van der Waals surface area contributed by atoms with Crippen LogP contribution in [0.4, 0.5) is 4.39 Å². The van der Waals surface area contributed by atoms with Crippen molar-refractivity contribution in [3.05, 3.63) is 71.5 Å². The number of nitrogens with two attached hydrogens (primary N) is 1. The Labute approximate surface area is 124 Å². The van der Waals surface area contributed by atoms with Gasteiger partial charge in [-0.25, -0.2) is 4.39 Å². The molecular weight excluding hydrogens is 271 g/mol. The molecule has 4 heteroatoms. The summed E-state index contributed by atoms with van der Waals surface area (Å²) in [6.45, 7) is 0.722. The highest BCUT2D eigenvalue weighted by atomic mass is 32.1. The van der Waals surface area contributed by atoms with Gasteiger partial charge in [-0.3, -0.25) is 4.90 Å². The van der Waals surface area contributed by atoms with Gasteiger partial charge >= 0.3 is 0 Å². The van der Waals surface area contributed by atoms with E-state index < -0.39 is 0 Å². The van der Waals surface area contributed by atoms with Crippen LogP contribution >= 0.6 is 12.2 Å². The molecule has 0 saturated heterocycles. The molecule has 0 saturated carbocycles. The van der Waals surface area contributed by atoms with Crippen LogP contribution in [0, 0.1) is 5.82 Å². The van der Waals surface area contributed by atoms with Crippen molar-refractivity contribution in [2.75, 3.05) is 7.05 Å². The van der Waals surface area contributed by atoms with Gasteiger partial charge in [-0.2, -0.15) is 0 Å². The Bertz CT molecular complexity index is 569. The molecule has 0 fully saturated rings. The predicted octanol–water partition coefficient (Wildman–Crippen LogP) is 3.28. The van der Waals surface area contributed by atoms with Crippen molar-refractivity contribution in [2.45, 2.75) is 12.6 Å². The zero-order chi connectivity index (χ0) is 14.5. The minimum absolute atomic E-state index is 0.203. The molecule has 2 rings (SSSR count). The first-order valence-electron chi connectivity index (χ1n) is 6.37. The second-order valence-electron chi connectivity index (χ2n) is 4.76. The van der Waals surface area contributed by atoms with E-state index in [4.69, 9.17) is 18.0 Å². The largest absolute Gasteiger partial charge is 0.392 e. The van der Waals surface area contributed by atoms with Gasteiger partial charge in [0.05, 0.1) is 11.0 Å². The summed E-state index contributed by atoms with van der Waals surface area (Å²) in [5, 5.41) is 0. The van der Waals surface area contributed by atoms with E-state index in [2.05, 4.69) is 17.0 Å². The second kappa shape index (κ2) is 6.59. The Kier molecular flexibility index (Phi) is 4.82. The molecule has 2 N–H and O–H groups in total. The van der Waals surface area contributed by atoms with Gasteiger partial charge in [0.15, 0.2) is 0 Å². The maximum Gasteiger partial charge on any atom is 0.123 e. The van der Waals surface area contributed by atoms with Gasteiger partial charge < -0.3 is 5.73 Å². The van der Waals surface area contributed by atoms with Crippen LogP contribution in [-0.2, 0) is 6.54 Å². The molecule has 0 aliphatic carbocycles. The van der Waals surface area contributed by atoms with Gasteiger partial charge in [-0.1, -0.05) is 54.7 Å². The zero-order valence-electron chi connectivity index (χ0n) is 11.3. The molecular formula is C16H17FN2S. The summed E-state index contributed by atoms with van der Waals surface area (Å²) in [4.78, 5) is 2.44. The van der Waals surface area contributed by atoms with Gasteiger partial charge in [0.1, 0.15) is 5.82 Å². The fourth-order valence-corrected chi connectivity index (χ4v) is 2.56. The van der Waals surface area contributed by atoms with Gasteiger partial charge in [0, 0.05) is 6.54 Å². The van der Waals surface area contributed by atoms with Crippen LogP contribution < -0.4 is 5.73 Å². The van der Waals surface area contributed by atoms with Crippen molar-refractivity contribution in [3.63, 3.8) is 0 Å². The standard InChI is InChI=1S/C16H17FN2S/c1-19(11-12-5-3-2-4-6-12)15(16(18)20)13-7-9-14(17)10-8-13/h2-10,15H,11H2,1H3,(H2,18,20). The van der Waals surface area contributed by atoms with E-state index >= 15 is 0 Å². The lowest BCUT2D eigenvalue weighted by Gasteiger charge is -2.27. The van der Waals surface area contributed by atoms with Crippen molar-refractivity contribution in [2.24, 2.45) is 5.73 Å². The van der Waals surface area contributed by atoms with Gasteiger partial charge in [-0.15, -0.1) is 0 Å². The molecule has 0 aliphatic heterocycles. The van der Waals surface area contributed by atoms with Crippen LogP contribution in [0.1, 0.15) is 17.2 Å². The fourth-order valence-electron chi connectivity index (χ4n) is 2.24. The van der Waals surface area contributed by atoms with Gasteiger partial charge in [0.25, 0.3) is 0 Å². The molecule has 0 amide bonds. The Morgan fingerprint density at radius 2 is 1.75 bits per heavy atom. The minimum atomic E-state index is -0.263. The summed E-state index contributed by atoms with van der Waals surface area (Å²) in [6, 6.07) is 16.2. The quantitative estimate of drug-likeness (QED) is 0.856. The first kappa shape index (κ1) is 14.6. The third-order valence-corrected chi connectivity index (χ3v) is 3.39. The number of thiocarbonyl (C=S) groups is 1. The minimum Gasteiger partial charge on any atom is -0.392 e. The highest BCUT2D eigenvalue weighted by Crippen LogP contribution is 2.22. The summed E-state index contributed by atoms with van der Waals surface area (Å²) < 4.78 is 13.0. The van der Waals surface area contributed by atoms with Crippen molar-refractivity contribution in [1.29, 1.82) is 0 Å². The lowest BCUT2D eigenvalue weighted by atomic mass is 10.0. The third-order valence-electron chi connectivity index (χ3n) is 3.17. The molecule has 1 atom stereocenters. The van der Waals surface area contributed by atoms with Crippen molar-refractivity contribution >= 4 is 17.2 Å². The van der Waals surface area contributed by atoms with E-state index in [-0.39, 0.29) is 11.9 Å². The van der Waals surface area contributed by atoms with Crippen molar-refractivity contribution in [1.82, 2.24) is 4.90 Å². The van der Waals surface area contributed by atoms with E-state index in [1.807, 2.05) is 25.2 Å². The predicted molar refractivity (Wildman–Crippen MR) is 83.8 cm³/mol. The summed E-state index contributed by atoms with van der Waals surface area (Å²) in [5.74, 6) is -0.263. The molecule has 20 heavy (non-hydrogen) atoms. The summed E-state index contributed by atoms with van der Waals surface area (Å²) in [5.41, 5.74) is 7.94. The number of nitrogens with zero attached hydrogens (tertiary/aromatic N) is 1. The highest BCUT2D eigenvalue weighted by molar-refractivity contribution is 7.80. The maximum absolute atomic E-state index is 13.0. The maximum atomic E-state index is 13.0. The van der Waals surface area contributed by atoms with E-state index in [1.54, 1.807) is 12.1 Å². The van der Waals surface area contributed by atoms with Gasteiger partial charge in [0.2, 0.25) is 0 Å². The zero-order valence-corrected chi connectivity index (χ0v) is 12.1. The molecule has 0 bridgehead atoms. The van der Waals surface area contributed by atoms with Crippen molar-refractivity contribution in [3.8, 4) is 0 Å². The van der Waals surface area contributed by atoms with Crippen LogP contribution in [0.15, 0.2) is 54.6 Å². The van der Waals surface area contributed by atoms with Crippen LogP contribution in [0.3, 0.4) is 0 Å². The second-order valence-corrected chi connectivity index (χ2v) is 5.23. The molecule has 0 aromatic heterocycles. The Morgan fingerprint density at radius 3 is 2.30 bits per heavy atom. The van der Waals surface area contributed by atoms with E-state index in [9.17, 15) is 4.39 Å². The Morgan fingerprint density at radius 1 is 1.15 bits per heavy atom. The summed E-state index contributed by atoms with van der Waals surface area (Å²) in [6.07, 6.45) is 0. The molecule has 2 aromatic carbocycles. The molecule has 0 aliphatic rings. The number of halogens is 1. The summed E-state index contributed by atoms with van der Waals surface area (Å²) >= 11 is 5.17. The fraction of sp³-hybridized carbons (Fsp3) is 0.188. The molecule has 2 nitrogen and oxygen atoms in total. The summed E-state index contributed by atoms with van der Waals surface area (Å²) in [7, 11) is 1.96. The van der Waals surface area contributed by atoms with E-state index in [0.29, 0.717) is 4.99 Å². The topological polar surface area (TPSA) is 29.3 Å². The third kappa shape index (κ3) is 3.62. The van der Waals surface area contributed by atoms with Crippen LogP contribution in [0.5, 0.6) is 0 Å². The number of hydrogen-bond donors (Lipinski definition) is 1. The number of likely N-dealkylation sites (N-methyl/N-ethyl adjacent to an activating group) is 1. The molecule has 104 valence electrons. The number of hydrogen-bond acceptors (Lipinski definition) is 2.